The molecule has 0 bridgehead atoms. The fourth-order valence-electron chi connectivity index (χ4n) is 7.87. The number of nitriles is 1. The zero-order valence-corrected chi connectivity index (χ0v) is 35.6. The zero-order valence-electron chi connectivity index (χ0n) is 33.2. The Bertz CT molecular complexity index is 2400. The van der Waals surface area contributed by atoms with Gasteiger partial charge in [0.25, 0.3) is 0 Å². The van der Waals surface area contributed by atoms with E-state index in [1.54, 1.807) is 11.3 Å². The summed E-state index contributed by atoms with van der Waals surface area (Å²) >= 11 is 5.35. The molecular weight excluding hydrogens is 721 g/mol. The normalized spacial score (nSPS) is 14.2. The molecule has 4 heterocycles. The van der Waals surface area contributed by atoms with E-state index in [4.69, 9.17) is 0 Å². The van der Waals surface area contributed by atoms with Gasteiger partial charge in [-0.15, -0.1) is 34.0 Å². The number of carboxylic acid groups (broad SMARTS) is 1. The van der Waals surface area contributed by atoms with Crippen molar-refractivity contribution in [2.75, 3.05) is 0 Å². The Morgan fingerprint density at radius 3 is 1.91 bits per heavy atom. The first-order valence-electron chi connectivity index (χ1n) is 19.4. The van der Waals surface area contributed by atoms with Crippen LogP contribution >= 0.6 is 34.0 Å². The summed E-state index contributed by atoms with van der Waals surface area (Å²) < 4.78 is 2.56. The van der Waals surface area contributed by atoms with Gasteiger partial charge in [-0.3, -0.25) is 0 Å². The number of hydrogen-bond donors (Lipinski definition) is 1. The minimum atomic E-state index is -1.19. The zero-order chi connectivity index (χ0) is 38.7. The predicted octanol–water partition coefficient (Wildman–Crippen LogP) is 14.4. The van der Waals surface area contributed by atoms with Crippen molar-refractivity contribution in [2.24, 2.45) is 0 Å². The highest BCUT2D eigenvalue weighted by atomic mass is 32.1. The maximum Gasteiger partial charge on any atom is 0.346 e. The number of carbonyl (C=O) groups is 1. The van der Waals surface area contributed by atoms with Gasteiger partial charge in [0.1, 0.15) is 16.6 Å². The second-order valence-corrected chi connectivity index (χ2v) is 20.8. The molecule has 1 aliphatic rings. The molecule has 0 saturated heterocycles. The van der Waals surface area contributed by atoms with Crippen LogP contribution in [0.5, 0.6) is 0 Å². The van der Waals surface area contributed by atoms with Crippen molar-refractivity contribution in [1.82, 2.24) is 4.57 Å². The van der Waals surface area contributed by atoms with Crippen molar-refractivity contribution < 1.29 is 9.90 Å². The molecule has 0 saturated carbocycles. The number of aromatic nitrogens is 1. The van der Waals surface area contributed by atoms with E-state index in [0.717, 1.165) is 11.3 Å². The quantitative estimate of drug-likeness (QED) is 0.0810. The first-order valence-corrected chi connectivity index (χ1v) is 21.8. The number of aliphatic carboxylic acids is 1. The van der Waals surface area contributed by atoms with Crippen molar-refractivity contribution in [3.05, 3.63) is 92.9 Å². The lowest BCUT2D eigenvalue weighted by Gasteiger charge is -2.19. The molecule has 4 nitrogen and oxygen atoms in total. The van der Waals surface area contributed by atoms with Gasteiger partial charge in [0.15, 0.2) is 0 Å². The van der Waals surface area contributed by atoms with Crippen molar-refractivity contribution >= 4 is 67.9 Å². The molecule has 1 aliphatic carbocycles. The van der Waals surface area contributed by atoms with Crippen LogP contribution in [0.25, 0.3) is 52.4 Å². The summed E-state index contributed by atoms with van der Waals surface area (Å²) in [6.07, 6.45) is 10.1. The van der Waals surface area contributed by atoms with Gasteiger partial charge in [-0.2, -0.15) is 5.26 Å². The van der Waals surface area contributed by atoms with Crippen LogP contribution in [0.15, 0.2) is 60.2 Å². The largest absolute Gasteiger partial charge is 0.477 e. The number of nitrogens with zero attached hydrogens (tertiary/aromatic N) is 2. The lowest BCUT2D eigenvalue weighted by molar-refractivity contribution is -0.132. The number of aryl methyl sites for hydroxylation is 1. The number of benzene rings is 2. The Morgan fingerprint density at radius 1 is 0.778 bits per heavy atom. The number of hydrogen-bond acceptors (Lipinski definition) is 5. The number of carboxylic acids is 1. The third kappa shape index (κ3) is 6.91. The summed E-state index contributed by atoms with van der Waals surface area (Å²) in [6.45, 7) is 20.6. The van der Waals surface area contributed by atoms with Crippen LogP contribution < -0.4 is 0 Å². The first-order chi connectivity index (χ1) is 25.5. The van der Waals surface area contributed by atoms with Crippen LogP contribution in [0.1, 0.15) is 134 Å². The molecule has 0 amide bonds. The van der Waals surface area contributed by atoms with Crippen LogP contribution in [0, 0.1) is 11.3 Å². The Labute approximate surface area is 332 Å². The van der Waals surface area contributed by atoms with Crippen LogP contribution in [0.4, 0.5) is 0 Å². The smallest absolute Gasteiger partial charge is 0.346 e. The minimum Gasteiger partial charge on any atom is -0.477 e. The summed E-state index contributed by atoms with van der Waals surface area (Å²) in [4.78, 5) is 17.4. The molecule has 0 atom stereocenters. The minimum absolute atomic E-state index is 0.0460. The van der Waals surface area contributed by atoms with E-state index in [9.17, 15) is 15.2 Å². The van der Waals surface area contributed by atoms with Gasteiger partial charge < -0.3 is 9.67 Å². The second-order valence-electron chi connectivity index (χ2n) is 17.6. The highest BCUT2D eigenvalue weighted by molar-refractivity contribution is 7.27. The van der Waals surface area contributed by atoms with Crippen LogP contribution in [0.2, 0.25) is 0 Å². The maximum absolute atomic E-state index is 11.6. The van der Waals surface area contributed by atoms with E-state index >= 15 is 0 Å². The SMILES string of the molecule is CCCCCCCCc1cc(-c2cc3c(s2)-c2sc(/C=C(\C#N)C(=O)O)cc2C3(C)C)sc1-n1c2ccc(C(C)(C)C)cc2c2cc(C(C)(C)C)ccc21. The van der Waals surface area contributed by atoms with Crippen molar-refractivity contribution in [3.8, 4) is 30.6 Å². The summed E-state index contributed by atoms with van der Waals surface area (Å²) in [7, 11) is 0. The number of unbranched alkanes of at least 4 members (excludes halogenated alkanes) is 5. The van der Waals surface area contributed by atoms with E-state index in [2.05, 4.69) is 121 Å². The molecule has 2 aromatic carbocycles. The van der Waals surface area contributed by atoms with E-state index in [1.807, 2.05) is 28.7 Å². The summed E-state index contributed by atoms with van der Waals surface area (Å²) in [5, 5.41) is 22.8. The fraction of sp³-hybridized carbons (Fsp3) is 0.404. The van der Waals surface area contributed by atoms with Crippen LogP contribution in [-0.4, -0.2) is 15.6 Å². The molecule has 0 aliphatic heterocycles. The number of rotatable bonds is 11. The van der Waals surface area contributed by atoms with E-state index in [-0.39, 0.29) is 21.8 Å². The van der Waals surface area contributed by atoms with Crippen LogP contribution in [0.3, 0.4) is 0 Å². The average Bonchev–Trinajstić information content (AvgIpc) is 3.92. The molecule has 54 heavy (non-hydrogen) atoms. The molecule has 7 heteroatoms. The third-order valence-corrected chi connectivity index (χ3v) is 14.9. The van der Waals surface area contributed by atoms with Gasteiger partial charge in [0.2, 0.25) is 0 Å². The molecule has 0 fully saturated rings. The maximum atomic E-state index is 11.6. The first kappa shape index (κ1) is 38.3. The molecule has 0 radical (unpaired) electrons. The molecule has 0 spiro atoms. The van der Waals surface area contributed by atoms with Gasteiger partial charge >= 0.3 is 5.97 Å². The monoisotopic (exact) mass is 772 g/mol. The summed E-state index contributed by atoms with van der Waals surface area (Å²) in [5.74, 6) is -1.19. The van der Waals surface area contributed by atoms with E-state index in [1.165, 1.54) is 119 Å². The molecule has 1 N–H and O–H groups in total. The summed E-state index contributed by atoms with van der Waals surface area (Å²) in [5.41, 5.74) is 8.81. The lowest BCUT2D eigenvalue weighted by atomic mass is 9.84. The molecule has 4 aromatic heterocycles. The fourth-order valence-corrected chi connectivity index (χ4v) is 11.9. The molecular formula is C47H52N2O2S3. The van der Waals surface area contributed by atoms with Gasteiger partial charge in [-0.1, -0.05) is 107 Å². The van der Waals surface area contributed by atoms with Crippen LogP contribution in [-0.2, 0) is 27.5 Å². The standard InChI is InChI=1S/C47H52N2O2S3/c1-10-11-12-13-14-15-16-28-22-39(40-26-36-42(53-40)41-35(47(36,8)9)25-32(52-41)21-29(27-48)44(50)51)54-43(28)49-37-19-17-30(45(2,3)4)23-33(37)34-24-31(46(5,6)7)18-20-38(34)49/h17-26H,10-16H2,1-9H3,(H,50,51)/b29-21+. The highest BCUT2D eigenvalue weighted by Gasteiger charge is 2.39. The Hall–Kier alpha value is -3.96. The number of thiophene rings is 3. The topological polar surface area (TPSA) is 66.0 Å². The van der Waals surface area contributed by atoms with E-state index in [0.29, 0.717) is 0 Å². The van der Waals surface area contributed by atoms with E-state index < -0.39 is 5.97 Å². The Balaban J connectivity index is 1.38. The van der Waals surface area contributed by atoms with Crippen molar-refractivity contribution in [1.29, 1.82) is 5.26 Å². The second kappa shape index (κ2) is 14.3. The van der Waals surface area contributed by atoms with Crippen molar-refractivity contribution in [3.63, 3.8) is 0 Å². The van der Waals surface area contributed by atoms with Crippen molar-refractivity contribution in [2.45, 2.75) is 124 Å². The predicted molar refractivity (Wildman–Crippen MR) is 233 cm³/mol. The Kier molecular flexibility index (Phi) is 10.1. The molecule has 280 valence electrons. The van der Waals surface area contributed by atoms with Gasteiger partial charge in [0.05, 0.1) is 11.0 Å². The summed E-state index contributed by atoms with van der Waals surface area (Å²) in [6, 6.07) is 23.0. The molecule has 7 rings (SSSR count). The highest BCUT2D eigenvalue weighted by Crippen LogP contribution is 2.58. The Morgan fingerprint density at radius 2 is 1.33 bits per heavy atom. The van der Waals surface area contributed by atoms with Gasteiger partial charge in [0, 0.05) is 40.6 Å². The molecule has 6 aromatic rings. The van der Waals surface area contributed by atoms with Gasteiger partial charge in [-0.05, 0) is 100 Å². The molecule has 0 unspecified atom stereocenters. The third-order valence-electron chi connectivity index (χ3n) is 11.2. The average molecular weight is 773 g/mol. The number of fused-ring (bicyclic) bond motifs is 6. The van der Waals surface area contributed by atoms with Gasteiger partial charge in [-0.25, -0.2) is 4.79 Å². The lowest BCUT2D eigenvalue weighted by Crippen LogP contribution is -2.13.